The highest BCUT2D eigenvalue weighted by Gasteiger charge is 2.29. The summed E-state index contributed by atoms with van der Waals surface area (Å²) in [5.41, 5.74) is 0.231. The van der Waals surface area contributed by atoms with Gasteiger partial charge in [-0.25, -0.2) is 4.39 Å². The first-order valence-corrected chi connectivity index (χ1v) is 8.30. The molecule has 1 saturated carbocycles. The molecule has 0 saturated heterocycles. The first kappa shape index (κ1) is 17.9. The van der Waals surface area contributed by atoms with E-state index >= 15 is 0 Å². The second kappa shape index (κ2) is 9.02. The molecule has 2 N–H and O–H groups in total. The molecule has 0 aliphatic heterocycles. The summed E-state index contributed by atoms with van der Waals surface area (Å²) >= 11 is 0. The molecular formula is C18H22FN3O2. The molecule has 0 aromatic heterocycles. The van der Waals surface area contributed by atoms with Crippen LogP contribution >= 0.6 is 0 Å². The van der Waals surface area contributed by atoms with E-state index in [-0.39, 0.29) is 36.4 Å². The lowest BCUT2D eigenvalue weighted by Gasteiger charge is -2.29. The van der Waals surface area contributed by atoms with Gasteiger partial charge in [0, 0.05) is 12.1 Å². The molecule has 2 amide bonds. The van der Waals surface area contributed by atoms with Gasteiger partial charge < -0.3 is 10.6 Å². The molecule has 1 aliphatic carbocycles. The molecule has 1 fully saturated rings. The fourth-order valence-corrected chi connectivity index (χ4v) is 3.20. The first-order chi connectivity index (χ1) is 11.6. The summed E-state index contributed by atoms with van der Waals surface area (Å²) < 4.78 is 13.2. The standard InChI is InChI=1S/C18H22FN3O2/c19-15-8-4-7-14(11-15)17(23)22-12-16(18(24)21-10-9-20)13-5-2-1-3-6-13/h4,7-8,11,13,16H,1-3,5-6,10,12H2,(H,21,24)(H,22,23). The van der Waals surface area contributed by atoms with Gasteiger partial charge in [-0.1, -0.05) is 25.3 Å². The Morgan fingerprint density at radius 2 is 2.00 bits per heavy atom. The van der Waals surface area contributed by atoms with Crippen molar-refractivity contribution >= 4 is 11.8 Å². The number of benzene rings is 1. The summed E-state index contributed by atoms with van der Waals surface area (Å²) in [6.45, 7) is 0.150. The number of halogens is 1. The lowest BCUT2D eigenvalue weighted by Crippen LogP contribution is -2.43. The van der Waals surface area contributed by atoms with Crippen LogP contribution in [0.15, 0.2) is 24.3 Å². The minimum atomic E-state index is -0.474. The van der Waals surface area contributed by atoms with Crippen molar-refractivity contribution in [2.24, 2.45) is 11.8 Å². The van der Waals surface area contributed by atoms with E-state index in [1.165, 1.54) is 30.7 Å². The fourth-order valence-electron chi connectivity index (χ4n) is 3.20. The van der Waals surface area contributed by atoms with E-state index in [9.17, 15) is 14.0 Å². The van der Waals surface area contributed by atoms with Crippen LogP contribution < -0.4 is 10.6 Å². The summed E-state index contributed by atoms with van der Waals surface area (Å²) in [6.07, 6.45) is 5.20. The molecule has 0 heterocycles. The number of hydrogen-bond donors (Lipinski definition) is 2. The Kier molecular flexibility index (Phi) is 6.74. The summed E-state index contributed by atoms with van der Waals surface area (Å²) in [6, 6.07) is 7.34. The Balaban J connectivity index is 2.00. The number of rotatable bonds is 6. The van der Waals surface area contributed by atoms with Gasteiger partial charge in [0.05, 0.1) is 12.0 Å². The number of carbonyl (C=O) groups excluding carboxylic acids is 2. The predicted molar refractivity (Wildman–Crippen MR) is 87.4 cm³/mol. The molecule has 128 valence electrons. The number of nitrogens with zero attached hydrogens (tertiary/aromatic N) is 1. The fraction of sp³-hybridized carbons (Fsp3) is 0.500. The van der Waals surface area contributed by atoms with Gasteiger partial charge in [-0.3, -0.25) is 9.59 Å². The molecule has 6 heteroatoms. The first-order valence-electron chi connectivity index (χ1n) is 8.30. The van der Waals surface area contributed by atoms with Crippen LogP contribution in [0.1, 0.15) is 42.5 Å². The zero-order valence-corrected chi connectivity index (χ0v) is 13.6. The van der Waals surface area contributed by atoms with Crippen LogP contribution in [0.5, 0.6) is 0 Å². The summed E-state index contributed by atoms with van der Waals surface area (Å²) in [4.78, 5) is 24.5. The Labute approximate surface area is 141 Å². The van der Waals surface area contributed by atoms with E-state index in [1.807, 2.05) is 6.07 Å². The van der Waals surface area contributed by atoms with Gasteiger partial charge >= 0.3 is 0 Å². The third-order valence-corrected chi connectivity index (χ3v) is 4.47. The molecule has 0 spiro atoms. The molecular weight excluding hydrogens is 309 g/mol. The maximum atomic E-state index is 13.2. The van der Waals surface area contributed by atoms with Crippen molar-refractivity contribution in [1.29, 1.82) is 5.26 Å². The zero-order valence-electron chi connectivity index (χ0n) is 13.6. The van der Waals surface area contributed by atoms with E-state index in [0.717, 1.165) is 25.7 Å². The molecule has 5 nitrogen and oxygen atoms in total. The lowest BCUT2D eigenvalue weighted by molar-refractivity contribution is -0.126. The van der Waals surface area contributed by atoms with Crippen molar-refractivity contribution in [2.75, 3.05) is 13.1 Å². The average molecular weight is 331 g/mol. The largest absolute Gasteiger partial charge is 0.351 e. The number of nitriles is 1. The highest BCUT2D eigenvalue weighted by atomic mass is 19.1. The molecule has 1 aromatic carbocycles. The summed E-state index contributed by atoms with van der Waals surface area (Å²) in [5.74, 6) is -1.24. The van der Waals surface area contributed by atoms with Crippen molar-refractivity contribution < 1.29 is 14.0 Å². The maximum Gasteiger partial charge on any atom is 0.251 e. The highest BCUT2D eigenvalue weighted by molar-refractivity contribution is 5.94. The topological polar surface area (TPSA) is 82.0 Å². The second-order valence-corrected chi connectivity index (χ2v) is 6.10. The molecule has 2 rings (SSSR count). The van der Waals surface area contributed by atoms with Crippen molar-refractivity contribution in [2.45, 2.75) is 32.1 Å². The third-order valence-electron chi connectivity index (χ3n) is 4.47. The number of carbonyl (C=O) groups is 2. The van der Waals surface area contributed by atoms with E-state index in [0.29, 0.717) is 0 Å². The van der Waals surface area contributed by atoms with Gasteiger partial charge in [-0.2, -0.15) is 5.26 Å². The van der Waals surface area contributed by atoms with Gasteiger partial charge in [-0.05, 0) is 37.0 Å². The van der Waals surface area contributed by atoms with E-state index in [2.05, 4.69) is 10.6 Å². The minimum absolute atomic E-state index is 0.0418. The quantitative estimate of drug-likeness (QED) is 0.785. The van der Waals surface area contributed by atoms with Crippen molar-refractivity contribution in [1.82, 2.24) is 10.6 Å². The number of hydrogen-bond acceptors (Lipinski definition) is 3. The molecule has 0 bridgehead atoms. The Morgan fingerprint density at radius 1 is 1.25 bits per heavy atom. The van der Waals surface area contributed by atoms with E-state index < -0.39 is 11.7 Å². The molecule has 1 atom stereocenters. The van der Waals surface area contributed by atoms with Crippen molar-refractivity contribution in [3.05, 3.63) is 35.6 Å². The summed E-state index contributed by atoms with van der Waals surface area (Å²) in [7, 11) is 0. The normalized spacial score (nSPS) is 16.0. The molecule has 1 unspecified atom stereocenters. The monoisotopic (exact) mass is 331 g/mol. The molecule has 24 heavy (non-hydrogen) atoms. The number of nitrogens with one attached hydrogen (secondary N) is 2. The van der Waals surface area contributed by atoms with Crippen LogP contribution in [0.4, 0.5) is 4.39 Å². The third kappa shape index (κ3) is 5.05. The van der Waals surface area contributed by atoms with Gasteiger partial charge in [-0.15, -0.1) is 0 Å². The summed E-state index contributed by atoms with van der Waals surface area (Å²) in [5, 5.41) is 14.0. The zero-order chi connectivity index (χ0) is 17.4. The van der Waals surface area contributed by atoms with Crippen molar-refractivity contribution in [3.8, 4) is 6.07 Å². The van der Waals surface area contributed by atoms with Crippen LogP contribution in [0.25, 0.3) is 0 Å². The van der Waals surface area contributed by atoms with Gasteiger partial charge in [0.1, 0.15) is 12.4 Å². The second-order valence-electron chi connectivity index (χ2n) is 6.10. The molecule has 1 aromatic rings. The van der Waals surface area contributed by atoms with Gasteiger partial charge in [0.25, 0.3) is 5.91 Å². The minimum Gasteiger partial charge on any atom is -0.351 e. The lowest BCUT2D eigenvalue weighted by atomic mass is 9.79. The number of amides is 2. The Bertz CT molecular complexity index is 621. The molecule has 0 radical (unpaired) electrons. The average Bonchev–Trinajstić information content (AvgIpc) is 2.60. The predicted octanol–water partition coefficient (Wildman–Crippen LogP) is 2.39. The van der Waals surface area contributed by atoms with Gasteiger partial charge in [0.2, 0.25) is 5.91 Å². The van der Waals surface area contributed by atoms with Crippen LogP contribution in [-0.4, -0.2) is 24.9 Å². The van der Waals surface area contributed by atoms with Crippen LogP contribution in [0.2, 0.25) is 0 Å². The Hall–Kier alpha value is -2.42. The van der Waals surface area contributed by atoms with E-state index in [1.54, 1.807) is 0 Å². The van der Waals surface area contributed by atoms with Gasteiger partial charge in [0.15, 0.2) is 0 Å². The van der Waals surface area contributed by atoms with Crippen molar-refractivity contribution in [3.63, 3.8) is 0 Å². The Morgan fingerprint density at radius 3 is 2.67 bits per heavy atom. The smallest absolute Gasteiger partial charge is 0.251 e. The van der Waals surface area contributed by atoms with Crippen LogP contribution in [0.3, 0.4) is 0 Å². The van der Waals surface area contributed by atoms with Crippen LogP contribution in [0, 0.1) is 29.0 Å². The van der Waals surface area contributed by atoms with E-state index in [4.69, 9.17) is 5.26 Å². The SMILES string of the molecule is N#CCNC(=O)C(CNC(=O)c1cccc(F)c1)C1CCCCC1. The molecule has 1 aliphatic rings. The van der Waals surface area contributed by atoms with Crippen LogP contribution in [-0.2, 0) is 4.79 Å². The maximum absolute atomic E-state index is 13.2. The highest BCUT2D eigenvalue weighted by Crippen LogP contribution is 2.30.